The number of esters is 1. The molecule has 0 radical (unpaired) electrons. The van der Waals surface area contributed by atoms with E-state index < -0.39 is 12.0 Å². The Hall–Kier alpha value is -2.65. The second-order valence-electron chi connectivity index (χ2n) is 6.18. The van der Waals surface area contributed by atoms with Crippen molar-refractivity contribution in [3.63, 3.8) is 0 Å². The Morgan fingerprint density at radius 2 is 2.07 bits per heavy atom. The molecule has 0 spiro atoms. The molecule has 8 nitrogen and oxygen atoms in total. The summed E-state index contributed by atoms with van der Waals surface area (Å²) in [5.41, 5.74) is 2.56. The lowest BCUT2D eigenvalue weighted by molar-refractivity contribution is -0.140. The first kappa shape index (κ1) is 21.6. The molecular formula is C19H26N4O4S. The first-order valence-electron chi connectivity index (χ1n) is 8.94. The molecule has 1 aromatic carbocycles. The second-order valence-corrected chi connectivity index (χ2v) is 6.57. The summed E-state index contributed by atoms with van der Waals surface area (Å²) < 4.78 is 10.3. The largest absolute Gasteiger partial charge is 0.460 e. The summed E-state index contributed by atoms with van der Waals surface area (Å²) in [6.45, 7) is 4.66. The van der Waals surface area contributed by atoms with Crippen LogP contribution in [-0.4, -0.2) is 55.9 Å². The minimum absolute atomic E-state index is 0.159. The molecule has 0 unspecified atom stereocenters. The fourth-order valence-electron chi connectivity index (χ4n) is 2.78. The van der Waals surface area contributed by atoms with Crippen molar-refractivity contribution >= 4 is 35.0 Å². The number of anilines is 1. The smallest absolute Gasteiger partial charge is 0.338 e. The predicted molar refractivity (Wildman–Crippen MR) is 111 cm³/mol. The Kier molecular flexibility index (Phi) is 7.77. The maximum atomic E-state index is 12.7. The van der Waals surface area contributed by atoms with Gasteiger partial charge in [0.1, 0.15) is 6.61 Å². The zero-order chi connectivity index (χ0) is 20.7. The highest BCUT2D eigenvalue weighted by Gasteiger charge is 2.33. The van der Waals surface area contributed by atoms with Crippen molar-refractivity contribution in [3.05, 3.63) is 41.1 Å². The van der Waals surface area contributed by atoms with Crippen molar-refractivity contribution in [3.8, 4) is 0 Å². The van der Waals surface area contributed by atoms with Crippen LogP contribution in [0.5, 0.6) is 0 Å². The van der Waals surface area contributed by atoms with Gasteiger partial charge in [0, 0.05) is 32.1 Å². The number of benzene rings is 1. The van der Waals surface area contributed by atoms with Crippen molar-refractivity contribution in [1.29, 1.82) is 0 Å². The molecule has 0 saturated carbocycles. The Balaban J connectivity index is 2.34. The molecule has 1 aliphatic heterocycles. The van der Waals surface area contributed by atoms with Crippen LogP contribution < -0.4 is 16.0 Å². The van der Waals surface area contributed by atoms with Gasteiger partial charge in [0.05, 0.1) is 18.2 Å². The lowest BCUT2D eigenvalue weighted by Gasteiger charge is -2.35. The average molecular weight is 407 g/mol. The van der Waals surface area contributed by atoms with Crippen molar-refractivity contribution in [2.75, 3.05) is 39.2 Å². The van der Waals surface area contributed by atoms with Crippen LogP contribution in [0.15, 0.2) is 35.5 Å². The summed E-state index contributed by atoms with van der Waals surface area (Å²) in [5.74, 6) is -0.441. The zero-order valence-electron chi connectivity index (χ0n) is 16.5. The second kappa shape index (κ2) is 10.0. The fraction of sp³-hybridized carbons (Fsp3) is 0.421. The number of allylic oxidation sites excluding steroid dienone is 1. The maximum Gasteiger partial charge on any atom is 0.338 e. The zero-order valence-corrected chi connectivity index (χ0v) is 17.3. The summed E-state index contributed by atoms with van der Waals surface area (Å²) >= 11 is 5.39. The SMILES string of the molecule is CCNC(=O)Nc1cccc([C@H]2NC(=S)N(C)C(C)=C2C(=O)OCCOC)c1. The van der Waals surface area contributed by atoms with Crippen LogP contribution in [0.1, 0.15) is 25.5 Å². The number of carbonyl (C=O) groups excluding carboxylic acids is 2. The van der Waals surface area contributed by atoms with Crippen LogP contribution >= 0.6 is 12.2 Å². The Bertz CT molecular complexity index is 781. The molecule has 2 rings (SSSR count). The molecule has 1 aliphatic rings. The van der Waals surface area contributed by atoms with E-state index >= 15 is 0 Å². The summed E-state index contributed by atoms with van der Waals surface area (Å²) in [6.07, 6.45) is 0. The topological polar surface area (TPSA) is 91.9 Å². The van der Waals surface area contributed by atoms with Crippen molar-refractivity contribution < 1.29 is 19.1 Å². The van der Waals surface area contributed by atoms with Crippen LogP contribution in [0.2, 0.25) is 0 Å². The van der Waals surface area contributed by atoms with E-state index in [1.165, 1.54) is 0 Å². The van der Waals surface area contributed by atoms with E-state index in [2.05, 4.69) is 16.0 Å². The molecular weight excluding hydrogens is 380 g/mol. The quantitative estimate of drug-likeness (QED) is 0.363. The number of hydrogen-bond acceptors (Lipinski definition) is 5. The number of nitrogens with one attached hydrogen (secondary N) is 3. The maximum absolute atomic E-state index is 12.7. The van der Waals surface area contributed by atoms with Gasteiger partial charge in [-0.2, -0.15) is 0 Å². The van der Waals surface area contributed by atoms with Gasteiger partial charge in [0.15, 0.2) is 5.11 Å². The number of methoxy groups -OCH3 is 1. The number of carbonyl (C=O) groups is 2. The summed E-state index contributed by atoms with van der Waals surface area (Å²) in [5, 5.41) is 9.13. The van der Waals surface area contributed by atoms with E-state index in [9.17, 15) is 9.59 Å². The van der Waals surface area contributed by atoms with Crippen LogP contribution in [-0.2, 0) is 14.3 Å². The minimum atomic E-state index is -0.491. The molecule has 0 fully saturated rings. The molecule has 3 N–H and O–H groups in total. The molecule has 0 bridgehead atoms. The van der Waals surface area contributed by atoms with Gasteiger partial charge in [-0.15, -0.1) is 0 Å². The average Bonchev–Trinajstić information content (AvgIpc) is 2.66. The van der Waals surface area contributed by atoms with E-state index in [4.69, 9.17) is 21.7 Å². The number of rotatable bonds is 7. The van der Waals surface area contributed by atoms with Crippen LogP contribution in [0.4, 0.5) is 10.5 Å². The van der Waals surface area contributed by atoms with Gasteiger partial charge >= 0.3 is 12.0 Å². The van der Waals surface area contributed by atoms with Gasteiger partial charge < -0.3 is 30.3 Å². The first-order valence-corrected chi connectivity index (χ1v) is 9.35. The van der Waals surface area contributed by atoms with Gasteiger partial charge in [-0.1, -0.05) is 12.1 Å². The Labute approximate surface area is 170 Å². The third-order valence-corrected chi connectivity index (χ3v) is 4.70. The molecule has 9 heteroatoms. The molecule has 1 heterocycles. The highest BCUT2D eigenvalue weighted by Crippen LogP contribution is 2.31. The van der Waals surface area contributed by atoms with Crippen molar-refractivity contribution in [2.24, 2.45) is 0 Å². The Morgan fingerprint density at radius 3 is 2.75 bits per heavy atom. The summed E-state index contributed by atoms with van der Waals surface area (Å²) in [4.78, 5) is 26.3. The van der Waals surface area contributed by atoms with Crippen LogP contribution in [0.25, 0.3) is 0 Å². The van der Waals surface area contributed by atoms with E-state index in [0.29, 0.717) is 35.2 Å². The van der Waals surface area contributed by atoms with E-state index in [1.807, 2.05) is 26.0 Å². The monoisotopic (exact) mass is 406 g/mol. The predicted octanol–water partition coefficient (Wildman–Crippen LogP) is 2.15. The molecule has 1 atom stereocenters. The van der Waals surface area contributed by atoms with E-state index in [-0.39, 0.29) is 12.6 Å². The van der Waals surface area contributed by atoms with Crippen molar-refractivity contribution in [2.45, 2.75) is 19.9 Å². The van der Waals surface area contributed by atoms with Gasteiger partial charge in [0.25, 0.3) is 0 Å². The number of urea groups is 1. The van der Waals surface area contributed by atoms with Gasteiger partial charge in [-0.25, -0.2) is 9.59 Å². The molecule has 0 saturated heterocycles. The number of amides is 2. The van der Waals surface area contributed by atoms with Crippen LogP contribution in [0.3, 0.4) is 0 Å². The molecule has 0 aromatic heterocycles. The lowest BCUT2D eigenvalue weighted by atomic mass is 9.95. The molecule has 1 aromatic rings. The van der Waals surface area contributed by atoms with Crippen molar-refractivity contribution in [1.82, 2.24) is 15.5 Å². The van der Waals surface area contributed by atoms with Gasteiger partial charge in [-0.3, -0.25) is 0 Å². The first-order chi connectivity index (χ1) is 13.4. The molecule has 152 valence electrons. The fourth-order valence-corrected chi connectivity index (χ4v) is 3.03. The number of thiocarbonyl (C=S) groups is 1. The number of ether oxygens (including phenoxy) is 2. The molecule has 0 aliphatic carbocycles. The van der Waals surface area contributed by atoms with Gasteiger partial charge in [0.2, 0.25) is 0 Å². The highest BCUT2D eigenvalue weighted by atomic mass is 32.1. The standard InChI is InChI=1S/C19H26N4O4S/c1-5-20-18(25)21-14-8-6-7-13(11-14)16-15(17(24)27-10-9-26-4)12(2)23(3)19(28)22-16/h6-8,11,16H,5,9-10H2,1-4H3,(H,22,28)(H2,20,21,25)/t16-/m1/s1. The lowest BCUT2D eigenvalue weighted by Crippen LogP contribution is -2.46. The van der Waals surface area contributed by atoms with Gasteiger partial charge in [-0.05, 0) is 43.8 Å². The van der Waals surface area contributed by atoms with Crippen LogP contribution in [0, 0.1) is 0 Å². The number of nitrogens with zero attached hydrogens (tertiary/aromatic N) is 1. The third-order valence-electron chi connectivity index (χ3n) is 4.31. The third kappa shape index (κ3) is 5.20. The highest BCUT2D eigenvalue weighted by molar-refractivity contribution is 7.80. The Morgan fingerprint density at radius 1 is 1.32 bits per heavy atom. The molecule has 28 heavy (non-hydrogen) atoms. The normalized spacial score (nSPS) is 16.5. The minimum Gasteiger partial charge on any atom is -0.460 e. The summed E-state index contributed by atoms with van der Waals surface area (Å²) in [7, 11) is 3.33. The summed E-state index contributed by atoms with van der Waals surface area (Å²) in [6, 6.07) is 6.47. The van der Waals surface area contributed by atoms with E-state index in [0.717, 1.165) is 5.56 Å². The number of hydrogen-bond donors (Lipinski definition) is 3. The molecule has 2 amide bonds. The van der Waals surface area contributed by atoms with E-state index in [1.54, 1.807) is 31.2 Å².